The number of ether oxygens (including phenoxy) is 2. The third-order valence-corrected chi connectivity index (χ3v) is 5.58. The maximum Gasteiger partial charge on any atom is 0.353 e. The lowest BCUT2D eigenvalue weighted by atomic mass is 10.3. The predicted octanol–water partition coefficient (Wildman–Crippen LogP) is 2.49. The van der Waals surface area contributed by atoms with Crippen molar-refractivity contribution in [1.82, 2.24) is 19.9 Å². The number of nitrogens with one attached hydrogen (secondary N) is 2. The number of hydrogen-bond donors (Lipinski definition) is 2. The van der Waals surface area contributed by atoms with Crippen molar-refractivity contribution in [3.05, 3.63) is 34.6 Å². The number of thiazole rings is 1. The molecule has 2 N–H and O–H groups in total. The first-order valence-electron chi connectivity index (χ1n) is 9.39. The molecule has 0 radical (unpaired) electrons. The van der Waals surface area contributed by atoms with E-state index >= 15 is 0 Å². The Labute approximate surface area is 176 Å². The number of rotatable bonds is 8. The van der Waals surface area contributed by atoms with Crippen molar-refractivity contribution in [3.63, 3.8) is 0 Å². The van der Waals surface area contributed by atoms with Gasteiger partial charge in [0.25, 0.3) is 0 Å². The molecule has 2 aromatic heterocycles. The van der Waals surface area contributed by atoms with Crippen LogP contribution in [0, 0.1) is 10.1 Å². The first kappa shape index (κ1) is 20.2. The fourth-order valence-electron chi connectivity index (χ4n) is 3.12. The van der Waals surface area contributed by atoms with Crippen LogP contribution < -0.4 is 15.4 Å². The second-order valence-corrected chi connectivity index (χ2v) is 7.57. The largest absolute Gasteiger partial charge is 0.497 e. The average molecular weight is 431 g/mol. The number of methoxy groups -OCH3 is 1. The Bertz CT molecular complexity index is 1040. The van der Waals surface area contributed by atoms with Crippen LogP contribution in [0.3, 0.4) is 0 Å². The molecule has 0 amide bonds. The topological polar surface area (TPSA) is 128 Å². The summed E-state index contributed by atoms with van der Waals surface area (Å²) in [6.45, 7) is 4.38. The average Bonchev–Trinajstić information content (AvgIpc) is 3.15. The molecule has 3 heterocycles. The molecule has 12 heteroatoms. The van der Waals surface area contributed by atoms with Crippen LogP contribution in [0.4, 0.5) is 22.5 Å². The highest BCUT2D eigenvalue weighted by Crippen LogP contribution is 2.35. The van der Waals surface area contributed by atoms with E-state index < -0.39 is 4.92 Å². The highest BCUT2D eigenvalue weighted by Gasteiger charge is 2.24. The summed E-state index contributed by atoms with van der Waals surface area (Å²) in [7, 11) is 1.60. The number of aromatic nitrogens is 3. The fraction of sp³-hybridized carbons (Fsp3) is 0.389. The molecule has 158 valence electrons. The van der Waals surface area contributed by atoms with Crippen molar-refractivity contribution < 1.29 is 14.4 Å². The van der Waals surface area contributed by atoms with Crippen LogP contribution in [-0.2, 0) is 4.74 Å². The van der Waals surface area contributed by atoms with Crippen LogP contribution in [-0.4, -0.2) is 71.3 Å². The van der Waals surface area contributed by atoms with Gasteiger partial charge in [-0.15, -0.1) is 0 Å². The Hall–Kier alpha value is -3.09. The van der Waals surface area contributed by atoms with Crippen LogP contribution in [0.15, 0.2) is 24.5 Å². The monoisotopic (exact) mass is 431 g/mol. The van der Waals surface area contributed by atoms with Gasteiger partial charge in [0, 0.05) is 26.2 Å². The third kappa shape index (κ3) is 4.56. The van der Waals surface area contributed by atoms with Gasteiger partial charge in [-0.1, -0.05) is 11.3 Å². The van der Waals surface area contributed by atoms with E-state index in [1.54, 1.807) is 7.11 Å². The maximum absolute atomic E-state index is 11.7. The Morgan fingerprint density at radius 1 is 1.30 bits per heavy atom. The molecule has 1 fully saturated rings. The normalized spacial score (nSPS) is 14.6. The summed E-state index contributed by atoms with van der Waals surface area (Å²) in [5.74, 6) is 0.987. The highest BCUT2D eigenvalue weighted by atomic mass is 32.1. The first-order valence-corrected chi connectivity index (χ1v) is 10.2. The summed E-state index contributed by atoms with van der Waals surface area (Å²) in [4.78, 5) is 26.1. The van der Waals surface area contributed by atoms with E-state index in [0.717, 1.165) is 35.6 Å². The molecule has 4 rings (SSSR count). The van der Waals surface area contributed by atoms with Crippen molar-refractivity contribution in [2.75, 3.05) is 57.1 Å². The molecule has 0 spiro atoms. The van der Waals surface area contributed by atoms with Gasteiger partial charge in [-0.2, -0.15) is 0 Å². The van der Waals surface area contributed by atoms with Crippen LogP contribution in [0.2, 0.25) is 0 Å². The summed E-state index contributed by atoms with van der Waals surface area (Å²) in [6, 6.07) is 5.52. The molecule has 0 bridgehead atoms. The van der Waals surface area contributed by atoms with Gasteiger partial charge < -0.3 is 20.1 Å². The van der Waals surface area contributed by atoms with E-state index in [0.29, 0.717) is 24.9 Å². The molecule has 1 aliphatic heterocycles. The number of fused-ring (bicyclic) bond motifs is 1. The Morgan fingerprint density at radius 2 is 2.10 bits per heavy atom. The summed E-state index contributed by atoms with van der Waals surface area (Å²) in [5.41, 5.74) is 0.556. The summed E-state index contributed by atoms with van der Waals surface area (Å²) in [5, 5.41) is 18.3. The van der Waals surface area contributed by atoms with E-state index in [-0.39, 0.29) is 17.3 Å². The quantitative estimate of drug-likeness (QED) is 0.405. The lowest BCUT2D eigenvalue weighted by Crippen LogP contribution is -2.39. The number of morpholine rings is 1. The highest BCUT2D eigenvalue weighted by molar-refractivity contribution is 7.22. The zero-order valence-electron chi connectivity index (χ0n) is 16.3. The van der Waals surface area contributed by atoms with Gasteiger partial charge in [0.1, 0.15) is 12.1 Å². The zero-order valence-corrected chi connectivity index (χ0v) is 17.1. The van der Waals surface area contributed by atoms with Crippen LogP contribution in [0.5, 0.6) is 5.75 Å². The fourth-order valence-corrected chi connectivity index (χ4v) is 4.01. The molecular weight excluding hydrogens is 410 g/mol. The third-order valence-electron chi connectivity index (χ3n) is 4.65. The maximum atomic E-state index is 11.7. The second-order valence-electron chi connectivity index (χ2n) is 6.54. The second kappa shape index (κ2) is 9.15. The van der Waals surface area contributed by atoms with Gasteiger partial charge in [0.05, 0.1) is 35.5 Å². The van der Waals surface area contributed by atoms with Gasteiger partial charge in [0.2, 0.25) is 11.6 Å². The van der Waals surface area contributed by atoms with Gasteiger partial charge in [-0.3, -0.25) is 15.0 Å². The summed E-state index contributed by atoms with van der Waals surface area (Å²) >= 11 is 1.36. The van der Waals surface area contributed by atoms with Crippen molar-refractivity contribution in [2.45, 2.75) is 0 Å². The van der Waals surface area contributed by atoms with E-state index in [2.05, 4.69) is 30.5 Å². The van der Waals surface area contributed by atoms with Crippen molar-refractivity contribution in [1.29, 1.82) is 0 Å². The molecule has 30 heavy (non-hydrogen) atoms. The molecule has 1 saturated heterocycles. The van der Waals surface area contributed by atoms with E-state index in [1.165, 1.54) is 17.7 Å². The number of nitrogens with zero attached hydrogens (tertiary/aromatic N) is 5. The van der Waals surface area contributed by atoms with Crippen molar-refractivity contribution in [2.24, 2.45) is 0 Å². The number of nitro groups is 1. The zero-order chi connectivity index (χ0) is 20.9. The van der Waals surface area contributed by atoms with Crippen LogP contribution >= 0.6 is 11.3 Å². The summed E-state index contributed by atoms with van der Waals surface area (Å²) in [6.07, 6.45) is 1.29. The lowest BCUT2D eigenvalue weighted by molar-refractivity contribution is -0.383. The Morgan fingerprint density at radius 3 is 2.87 bits per heavy atom. The Kier molecular flexibility index (Phi) is 6.16. The lowest BCUT2D eigenvalue weighted by Gasteiger charge is -2.26. The number of anilines is 3. The first-order chi connectivity index (χ1) is 14.6. The van der Waals surface area contributed by atoms with Gasteiger partial charge in [-0.25, -0.2) is 15.0 Å². The van der Waals surface area contributed by atoms with Crippen molar-refractivity contribution in [3.8, 4) is 5.75 Å². The minimum atomic E-state index is -0.490. The molecule has 1 aliphatic rings. The summed E-state index contributed by atoms with van der Waals surface area (Å²) < 4.78 is 11.5. The number of benzene rings is 1. The molecule has 0 atom stereocenters. The molecular formula is C18H21N7O4S. The van der Waals surface area contributed by atoms with E-state index in [1.807, 2.05) is 18.2 Å². The number of hydrogen-bond acceptors (Lipinski definition) is 11. The van der Waals surface area contributed by atoms with Crippen LogP contribution in [0.1, 0.15) is 0 Å². The van der Waals surface area contributed by atoms with Crippen molar-refractivity contribution >= 4 is 44.0 Å². The molecule has 3 aromatic rings. The smallest absolute Gasteiger partial charge is 0.353 e. The minimum absolute atomic E-state index is 0.0925. The van der Waals surface area contributed by atoms with E-state index in [9.17, 15) is 10.1 Å². The van der Waals surface area contributed by atoms with Crippen LogP contribution in [0.25, 0.3) is 10.2 Å². The molecule has 1 aromatic carbocycles. The predicted molar refractivity (Wildman–Crippen MR) is 114 cm³/mol. The molecule has 11 nitrogen and oxygen atoms in total. The van der Waals surface area contributed by atoms with E-state index in [4.69, 9.17) is 9.47 Å². The molecule has 0 aliphatic carbocycles. The van der Waals surface area contributed by atoms with Gasteiger partial charge >= 0.3 is 5.69 Å². The van der Waals surface area contributed by atoms with Gasteiger partial charge in [0.15, 0.2) is 5.13 Å². The SMILES string of the molecule is COc1ccc2nc(Nc3ncnc(NCCN4CCOCC4)c3[N+](=O)[O-])sc2c1. The van der Waals surface area contributed by atoms with Gasteiger partial charge in [-0.05, 0) is 18.2 Å². The Balaban J connectivity index is 1.51. The molecule has 0 saturated carbocycles. The minimum Gasteiger partial charge on any atom is -0.497 e. The standard InChI is InChI=1S/C18H21N7O4S/c1-28-12-2-3-13-14(10-12)30-18(22-13)23-17-15(25(26)27)16(20-11-21-17)19-4-5-24-6-8-29-9-7-24/h2-3,10-11H,4-9H2,1H3,(H2,19,20,21,22,23). The molecule has 0 unspecified atom stereocenters.